The van der Waals surface area contributed by atoms with Crippen molar-refractivity contribution in [3.8, 4) is 5.69 Å². The summed E-state index contributed by atoms with van der Waals surface area (Å²) in [6.07, 6.45) is 0. The highest BCUT2D eigenvalue weighted by Gasteiger charge is 2.23. The number of carbonyl (C=O) groups is 2. The standard InChI is InChI=1S/C30H32N6O4/c1-21-9-8-12-25(17-21)35-27(18-26(33-35)30(2,3)4)32-28(37)20-34(19-22-10-6-5-7-11-22)29(38)31-23-13-15-24(16-14-23)36(39)40/h5-18H,19-20H2,1-4H3,(H,31,38)(H,32,37). The zero-order valence-electron chi connectivity index (χ0n) is 22.9. The third kappa shape index (κ3) is 7.10. The predicted octanol–water partition coefficient (Wildman–Crippen LogP) is 6.06. The van der Waals surface area contributed by atoms with E-state index in [1.54, 1.807) is 4.68 Å². The number of carbonyl (C=O) groups excluding carboxylic acids is 2. The highest BCUT2D eigenvalue weighted by Crippen LogP contribution is 2.27. The van der Waals surface area contributed by atoms with E-state index in [2.05, 4.69) is 10.6 Å². The van der Waals surface area contributed by atoms with E-state index in [0.29, 0.717) is 11.5 Å². The maximum Gasteiger partial charge on any atom is 0.322 e. The van der Waals surface area contributed by atoms with E-state index in [1.165, 1.54) is 29.2 Å². The van der Waals surface area contributed by atoms with Gasteiger partial charge in [0.1, 0.15) is 12.4 Å². The Hall–Kier alpha value is -4.99. The van der Waals surface area contributed by atoms with Gasteiger partial charge in [0, 0.05) is 35.8 Å². The molecular weight excluding hydrogens is 508 g/mol. The topological polar surface area (TPSA) is 122 Å². The van der Waals surface area contributed by atoms with Crippen molar-refractivity contribution >= 4 is 29.1 Å². The lowest BCUT2D eigenvalue weighted by Gasteiger charge is -2.23. The molecule has 3 amide bonds. The number of aromatic nitrogens is 2. The molecule has 40 heavy (non-hydrogen) atoms. The van der Waals surface area contributed by atoms with Crippen LogP contribution in [0.25, 0.3) is 5.69 Å². The molecule has 0 aliphatic carbocycles. The van der Waals surface area contributed by atoms with Crippen molar-refractivity contribution in [1.29, 1.82) is 0 Å². The lowest BCUT2D eigenvalue weighted by Crippen LogP contribution is -2.40. The van der Waals surface area contributed by atoms with Gasteiger partial charge in [-0.2, -0.15) is 5.10 Å². The molecule has 0 saturated heterocycles. The second-order valence-corrected chi connectivity index (χ2v) is 10.5. The molecule has 1 aromatic heterocycles. The number of aryl methyl sites for hydroxylation is 1. The quantitative estimate of drug-likeness (QED) is 0.208. The third-order valence-corrected chi connectivity index (χ3v) is 6.16. The summed E-state index contributed by atoms with van der Waals surface area (Å²) >= 11 is 0. The molecule has 0 saturated carbocycles. The number of rotatable bonds is 8. The number of anilines is 2. The Kier molecular flexibility index (Phi) is 8.28. The van der Waals surface area contributed by atoms with Crippen LogP contribution in [0, 0.1) is 17.0 Å². The minimum Gasteiger partial charge on any atom is -0.311 e. The van der Waals surface area contributed by atoms with Gasteiger partial charge in [0.05, 0.1) is 16.3 Å². The lowest BCUT2D eigenvalue weighted by molar-refractivity contribution is -0.384. The average Bonchev–Trinajstić information content (AvgIpc) is 3.33. The number of hydrogen-bond acceptors (Lipinski definition) is 5. The van der Waals surface area contributed by atoms with Crippen LogP contribution in [-0.2, 0) is 16.8 Å². The van der Waals surface area contributed by atoms with Gasteiger partial charge in [-0.1, -0.05) is 63.2 Å². The molecule has 0 fully saturated rings. The Morgan fingerprint density at radius 2 is 1.65 bits per heavy atom. The summed E-state index contributed by atoms with van der Waals surface area (Å²) in [5.41, 5.74) is 3.55. The number of non-ortho nitro benzene ring substituents is 1. The van der Waals surface area contributed by atoms with Gasteiger partial charge in [0.15, 0.2) is 0 Å². The molecule has 3 aromatic carbocycles. The number of amides is 3. The minimum absolute atomic E-state index is 0.0848. The molecule has 0 aliphatic heterocycles. The molecule has 0 radical (unpaired) electrons. The molecule has 1 heterocycles. The van der Waals surface area contributed by atoms with Gasteiger partial charge in [-0.05, 0) is 42.3 Å². The minimum atomic E-state index is -0.518. The van der Waals surface area contributed by atoms with Crippen molar-refractivity contribution in [2.45, 2.75) is 39.7 Å². The van der Waals surface area contributed by atoms with Crippen LogP contribution in [0.5, 0.6) is 0 Å². The first kappa shape index (κ1) is 28.0. The summed E-state index contributed by atoms with van der Waals surface area (Å²) in [5.74, 6) is 0.0972. The first-order chi connectivity index (χ1) is 19.0. The summed E-state index contributed by atoms with van der Waals surface area (Å²) < 4.78 is 1.70. The molecule has 4 aromatic rings. The fourth-order valence-electron chi connectivity index (χ4n) is 4.02. The zero-order chi connectivity index (χ0) is 28.9. The smallest absolute Gasteiger partial charge is 0.311 e. The Labute approximate surface area is 232 Å². The zero-order valence-corrected chi connectivity index (χ0v) is 22.9. The maximum atomic E-state index is 13.4. The Balaban J connectivity index is 1.57. The Morgan fingerprint density at radius 1 is 0.950 bits per heavy atom. The SMILES string of the molecule is Cc1cccc(-n2nc(C(C)(C)C)cc2NC(=O)CN(Cc2ccccc2)C(=O)Nc2ccc([N+](=O)[O-])cc2)c1. The normalized spacial score (nSPS) is 11.1. The van der Waals surface area contributed by atoms with E-state index in [9.17, 15) is 19.7 Å². The van der Waals surface area contributed by atoms with E-state index in [-0.39, 0.29) is 24.2 Å². The van der Waals surface area contributed by atoms with Crippen LogP contribution in [0.2, 0.25) is 0 Å². The van der Waals surface area contributed by atoms with Crippen molar-refractivity contribution in [2.24, 2.45) is 0 Å². The number of nitrogens with one attached hydrogen (secondary N) is 2. The number of benzene rings is 3. The van der Waals surface area contributed by atoms with Crippen LogP contribution in [0.1, 0.15) is 37.6 Å². The summed E-state index contributed by atoms with van der Waals surface area (Å²) in [4.78, 5) is 38.5. The van der Waals surface area contributed by atoms with Gasteiger partial charge in [-0.15, -0.1) is 0 Å². The van der Waals surface area contributed by atoms with E-state index < -0.39 is 16.9 Å². The monoisotopic (exact) mass is 540 g/mol. The Bertz CT molecular complexity index is 1510. The lowest BCUT2D eigenvalue weighted by atomic mass is 9.92. The molecule has 10 heteroatoms. The van der Waals surface area contributed by atoms with E-state index in [0.717, 1.165) is 22.5 Å². The van der Waals surface area contributed by atoms with Crippen molar-refractivity contribution < 1.29 is 14.5 Å². The van der Waals surface area contributed by atoms with Crippen LogP contribution in [0.4, 0.5) is 22.0 Å². The van der Waals surface area contributed by atoms with Gasteiger partial charge in [-0.25, -0.2) is 9.48 Å². The fraction of sp³-hybridized carbons (Fsp3) is 0.233. The van der Waals surface area contributed by atoms with Crippen LogP contribution in [-0.4, -0.2) is 38.1 Å². The molecule has 0 atom stereocenters. The maximum absolute atomic E-state index is 13.4. The molecule has 2 N–H and O–H groups in total. The number of hydrogen-bond donors (Lipinski definition) is 2. The summed E-state index contributed by atoms with van der Waals surface area (Å²) in [6, 6.07) is 24.0. The molecule has 0 aliphatic rings. The summed E-state index contributed by atoms with van der Waals surface area (Å²) in [6.45, 7) is 8.07. The second kappa shape index (κ2) is 11.8. The highest BCUT2D eigenvalue weighted by atomic mass is 16.6. The van der Waals surface area contributed by atoms with Crippen LogP contribution < -0.4 is 10.6 Å². The van der Waals surface area contributed by atoms with E-state index in [4.69, 9.17) is 5.10 Å². The van der Waals surface area contributed by atoms with E-state index in [1.807, 2.05) is 88.4 Å². The number of nitro benzene ring substituents is 1. The van der Waals surface area contributed by atoms with Crippen molar-refractivity contribution in [1.82, 2.24) is 14.7 Å². The molecule has 10 nitrogen and oxygen atoms in total. The molecule has 4 rings (SSSR count). The van der Waals surface area contributed by atoms with Gasteiger partial charge >= 0.3 is 6.03 Å². The van der Waals surface area contributed by atoms with Crippen molar-refractivity contribution in [2.75, 3.05) is 17.2 Å². The first-order valence-corrected chi connectivity index (χ1v) is 12.8. The Morgan fingerprint density at radius 3 is 2.27 bits per heavy atom. The van der Waals surface area contributed by atoms with Crippen LogP contribution in [0.15, 0.2) is 84.9 Å². The molecule has 0 unspecified atom stereocenters. The number of nitro groups is 1. The average molecular weight is 541 g/mol. The van der Waals surface area contributed by atoms with Crippen LogP contribution >= 0.6 is 0 Å². The van der Waals surface area contributed by atoms with Crippen molar-refractivity contribution in [3.63, 3.8) is 0 Å². The molecular formula is C30H32N6O4. The van der Waals surface area contributed by atoms with Gasteiger partial charge < -0.3 is 15.5 Å². The largest absolute Gasteiger partial charge is 0.322 e. The molecule has 206 valence electrons. The molecule has 0 spiro atoms. The summed E-state index contributed by atoms with van der Waals surface area (Å²) in [5, 5.41) is 21.4. The molecule has 0 bridgehead atoms. The van der Waals surface area contributed by atoms with Crippen LogP contribution in [0.3, 0.4) is 0 Å². The van der Waals surface area contributed by atoms with Gasteiger partial charge in [0.2, 0.25) is 5.91 Å². The highest BCUT2D eigenvalue weighted by molar-refractivity contribution is 5.96. The third-order valence-electron chi connectivity index (χ3n) is 6.16. The first-order valence-electron chi connectivity index (χ1n) is 12.8. The van der Waals surface area contributed by atoms with E-state index >= 15 is 0 Å². The number of urea groups is 1. The fourth-order valence-corrected chi connectivity index (χ4v) is 4.02. The van der Waals surface area contributed by atoms with Gasteiger partial charge in [0.25, 0.3) is 5.69 Å². The second-order valence-electron chi connectivity index (χ2n) is 10.5. The predicted molar refractivity (Wildman–Crippen MR) is 155 cm³/mol. The van der Waals surface area contributed by atoms with Crippen molar-refractivity contribution in [3.05, 3.63) is 112 Å². The summed E-state index contributed by atoms with van der Waals surface area (Å²) in [7, 11) is 0. The van der Waals surface area contributed by atoms with Gasteiger partial charge in [-0.3, -0.25) is 14.9 Å². The number of nitrogens with zero attached hydrogens (tertiary/aromatic N) is 4.